The standard InChI is InChI=1S/C10H13N5O2S/c11-14-13-6-8-5-12-9(18-8)7-1-3-15(4-2-7)10(16)17/h5,7H,1-4,6H2,(H,16,17). The van der Waals surface area contributed by atoms with Crippen LogP contribution in [0.2, 0.25) is 0 Å². The van der Waals surface area contributed by atoms with E-state index in [1.54, 1.807) is 17.5 Å². The summed E-state index contributed by atoms with van der Waals surface area (Å²) in [7, 11) is 0. The maximum Gasteiger partial charge on any atom is 0.407 e. The van der Waals surface area contributed by atoms with Crippen molar-refractivity contribution in [1.29, 1.82) is 0 Å². The number of amides is 1. The van der Waals surface area contributed by atoms with Gasteiger partial charge in [-0.3, -0.25) is 0 Å². The molecule has 1 saturated heterocycles. The predicted octanol–water partition coefficient (Wildman–Crippen LogP) is 2.81. The van der Waals surface area contributed by atoms with E-state index in [2.05, 4.69) is 15.0 Å². The van der Waals surface area contributed by atoms with Gasteiger partial charge in [0.15, 0.2) is 0 Å². The second-order valence-electron chi connectivity index (χ2n) is 4.10. The highest BCUT2D eigenvalue weighted by atomic mass is 32.1. The molecule has 7 nitrogen and oxygen atoms in total. The molecule has 1 aliphatic rings. The van der Waals surface area contributed by atoms with Crippen molar-refractivity contribution in [3.63, 3.8) is 0 Å². The number of likely N-dealkylation sites (tertiary alicyclic amines) is 1. The van der Waals surface area contributed by atoms with Crippen LogP contribution in [-0.2, 0) is 6.54 Å². The van der Waals surface area contributed by atoms with Crippen LogP contribution in [0.15, 0.2) is 11.3 Å². The highest BCUT2D eigenvalue weighted by Crippen LogP contribution is 2.31. The van der Waals surface area contributed by atoms with Crippen molar-refractivity contribution in [2.24, 2.45) is 5.11 Å². The maximum atomic E-state index is 10.8. The Labute approximate surface area is 108 Å². The number of azide groups is 1. The first-order chi connectivity index (χ1) is 8.70. The van der Waals surface area contributed by atoms with Crippen molar-refractivity contribution in [3.8, 4) is 0 Å². The van der Waals surface area contributed by atoms with Crippen molar-refractivity contribution in [3.05, 3.63) is 26.5 Å². The number of nitrogens with zero attached hydrogens (tertiary/aromatic N) is 5. The molecule has 1 amide bonds. The summed E-state index contributed by atoms with van der Waals surface area (Å²) in [5.74, 6) is 0.324. The van der Waals surface area contributed by atoms with Gasteiger partial charge in [0, 0.05) is 35.0 Å². The van der Waals surface area contributed by atoms with Gasteiger partial charge >= 0.3 is 6.09 Å². The summed E-state index contributed by atoms with van der Waals surface area (Å²) in [5, 5.41) is 13.4. The Morgan fingerprint density at radius 3 is 3.00 bits per heavy atom. The number of rotatable bonds is 3. The predicted molar refractivity (Wildman–Crippen MR) is 66.5 cm³/mol. The Bertz CT molecular complexity index is 474. The Morgan fingerprint density at radius 2 is 2.39 bits per heavy atom. The fraction of sp³-hybridized carbons (Fsp3) is 0.600. The molecule has 1 fully saturated rings. The van der Waals surface area contributed by atoms with Gasteiger partial charge in [-0.15, -0.1) is 11.3 Å². The van der Waals surface area contributed by atoms with E-state index in [-0.39, 0.29) is 0 Å². The minimum Gasteiger partial charge on any atom is -0.465 e. The zero-order valence-electron chi connectivity index (χ0n) is 9.69. The smallest absolute Gasteiger partial charge is 0.407 e. The number of carbonyl (C=O) groups is 1. The van der Waals surface area contributed by atoms with Gasteiger partial charge in [0.2, 0.25) is 0 Å². The first kappa shape index (κ1) is 12.7. The van der Waals surface area contributed by atoms with Crippen LogP contribution >= 0.6 is 11.3 Å². The zero-order valence-corrected chi connectivity index (χ0v) is 10.5. The van der Waals surface area contributed by atoms with Crippen molar-refractivity contribution in [1.82, 2.24) is 9.88 Å². The van der Waals surface area contributed by atoms with Crippen LogP contribution in [0.25, 0.3) is 10.4 Å². The van der Waals surface area contributed by atoms with E-state index >= 15 is 0 Å². The van der Waals surface area contributed by atoms with E-state index in [1.807, 2.05) is 0 Å². The van der Waals surface area contributed by atoms with Gasteiger partial charge in [0.25, 0.3) is 0 Å². The van der Waals surface area contributed by atoms with Gasteiger partial charge in [0.05, 0.1) is 11.6 Å². The number of hydrogen-bond donors (Lipinski definition) is 1. The van der Waals surface area contributed by atoms with Gasteiger partial charge in [-0.05, 0) is 18.4 Å². The Kier molecular flexibility index (Phi) is 4.01. The summed E-state index contributed by atoms with van der Waals surface area (Å²) in [4.78, 5) is 20.2. The van der Waals surface area contributed by atoms with E-state index in [9.17, 15) is 4.79 Å². The van der Waals surface area contributed by atoms with Gasteiger partial charge in [0.1, 0.15) is 0 Å². The molecule has 1 N–H and O–H groups in total. The first-order valence-electron chi connectivity index (χ1n) is 5.64. The number of hydrogen-bond acceptors (Lipinski definition) is 4. The molecule has 0 aromatic carbocycles. The molecule has 0 atom stereocenters. The van der Waals surface area contributed by atoms with E-state index in [1.165, 1.54) is 4.90 Å². The molecule has 0 saturated carbocycles. The summed E-state index contributed by atoms with van der Waals surface area (Å²) < 4.78 is 0. The molecule has 18 heavy (non-hydrogen) atoms. The van der Waals surface area contributed by atoms with Crippen LogP contribution in [0, 0.1) is 0 Å². The number of piperidine rings is 1. The lowest BCUT2D eigenvalue weighted by Gasteiger charge is -2.28. The molecule has 0 aliphatic carbocycles. The van der Waals surface area contributed by atoms with E-state index in [4.69, 9.17) is 10.6 Å². The summed E-state index contributed by atoms with van der Waals surface area (Å²) in [6.45, 7) is 1.46. The molecule has 2 rings (SSSR count). The van der Waals surface area contributed by atoms with E-state index < -0.39 is 6.09 Å². The molecular weight excluding hydrogens is 254 g/mol. The van der Waals surface area contributed by atoms with Gasteiger partial charge in [-0.1, -0.05) is 5.11 Å². The van der Waals surface area contributed by atoms with Crippen molar-refractivity contribution < 1.29 is 9.90 Å². The quantitative estimate of drug-likeness (QED) is 0.517. The molecule has 1 aliphatic heterocycles. The molecule has 2 heterocycles. The van der Waals surface area contributed by atoms with Crippen molar-refractivity contribution in [2.45, 2.75) is 25.3 Å². The molecule has 0 unspecified atom stereocenters. The van der Waals surface area contributed by atoms with Crippen LogP contribution in [-0.4, -0.2) is 34.2 Å². The fourth-order valence-corrected chi connectivity index (χ4v) is 3.01. The number of aromatic nitrogens is 1. The highest BCUT2D eigenvalue weighted by molar-refractivity contribution is 7.11. The number of carboxylic acid groups (broad SMARTS) is 1. The largest absolute Gasteiger partial charge is 0.465 e. The third-order valence-corrected chi connectivity index (χ3v) is 4.12. The fourth-order valence-electron chi connectivity index (χ4n) is 2.00. The first-order valence-corrected chi connectivity index (χ1v) is 6.45. The van der Waals surface area contributed by atoms with Crippen LogP contribution in [0.5, 0.6) is 0 Å². The summed E-state index contributed by atoms with van der Waals surface area (Å²) >= 11 is 1.55. The second-order valence-corrected chi connectivity index (χ2v) is 5.24. The molecule has 1 aromatic heterocycles. The molecule has 96 valence electrons. The summed E-state index contributed by atoms with van der Waals surface area (Å²) in [5.41, 5.74) is 8.25. The Morgan fingerprint density at radius 1 is 1.67 bits per heavy atom. The summed E-state index contributed by atoms with van der Waals surface area (Å²) in [6.07, 6.45) is 2.50. The van der Waals surface area contributed by atoms with Gasteiger partial charge in [-0.2, -0.15) is 0 Å². The van der Waals surface area contributed by atoms with E-state index in [0.717, 1.165) is 22.7 Å². The van der Waals surface area contributed by atoms with Crippen molar-refractivity contribution >= 4 is 17.4 Å². The maximum absolute atomic E-state index is 10.8. The summed E-state index contributed by atoms with van der Waals surface area (Å²) in [6, 6.07) is 0. The minimum absolute atomic E-state index is 0.324. The van der Waals surface area contributed by atoms with Crippen LogP contribution in [0.3, 0.4) is 0 Å². The van der Waals surface area contributed by atoms with Gasteiger partial charge < -0.3 is 10.0 Å². The third-order valence-electron chi connectivity index (χ3n) is 2.98. The zero-order chi connectivity index (χ0) is 13.0. The second kappa shape index (κ2) is 5.70. The van der Waals surface area contributed by atoms with E-state index in [0.29, 0.717) is 25.6 Å². The molecule has 8 heteroatoms. The Hall–Kier alpha value is -1.79. The topological polar surface area (TPSA) is 102 Å². The SMILES string of the molecule is [N-]=[N+]=NCc1cnc(C2CCN(C(=O)O)CC2)s1. The number of thiazole rings is 1. The molecule has 0 radical (unpaired) electrons. The van der Waals surface area contributed by atoms with Crippen LogP contribution in [0.4, 0.5) is 4.79 Å². The average molecular weight is 267 g/mol. The lowest BCUT2D eigenvalue weighted by atomic mass is 9.98. The van der Waals surface area contributed by atoms with Crippen molar-refractivity contribution in [2.75, 3.05) is 13.1 Å². The minimum atomic E-state index is -0.850. The third kappa shape index (κ3) is 2.91. The van der Waals surface area contributed by atoms with Crippen LogP contribution in [0.1, 0.15) is 28.6 Å². The van der Waals surface area contributed by atoms with Crippen LogP contribution < -0.4 is 0 Å². The lowest BCUT2D eigenvalue weighted by Crippen LogP contribution is -2.36. The Balaban J connectivity index is 1.95. The lowest BCUT2D eigenvalue weighted by molar-refractivity contribution is 0.132. The highest BCUT2D eigenvalue weighted by Gasteiger charge is 2.25. The van der Waals surface area contributed by atoms with Gasteiger partial charge in [-0.25, -0.2) is 9.78 Å². The average Bonchev–Trinajstić information content (AvgIpc) is 2.85. The molecule has 0 bridgehead atoms. The molecule has 0 spiro atoms. The normalized spacial score (nSPS) is 16.3. The molecular formula is C10H13N5O2S. The monoisotopic (exact) mass is 267 g/mol. The molecule has 1 aromatic rings.